The third-order valence-electron chi connectivity index (χ3n) is 3.42. The number of hydrogen-bond donors (Lipinski definition) is 1. The largest absolute Gasteiger partial charge is 0.465 e. The van der Waals surface area contributed by atoms with Crippen LogP contribution < -0.4 is 9.61 Å². The van der Waals surface area contributed by atoms with Crippen molar-refractivity contribution in [3.05, 3.63) is 30.3 Å². The number of nitrogens with one attached hydrogen (secondary N) is 1. The molecule has 1 aromatic rings. The molecule has 1 aliphatic heterocycles. The summed E-state index contributed by atoms with van der Waals surface area (Å²) in [6.45, 7) is 4.30. The van der Waals surface area contributed by atoms with E-state index in [1.54, 1.807) is 38.1 Å². The first-order chi connectivity index (χ1) is 11.5. The van der Waals surface area contributed by atoms with Gasteiger partial charge in [-0.3, -0.25) is 9.32 Å². The third kappa shape index (κ3) is 5.91. The SMILES string of the molecule is CCOC(=O)[C@H](C)NP(=O)(OCC1CCCO1)Oc1ccccc1. The molecule has 0 amide bonds. The molecule has 0 aliphatic carbocycles. The van der Waals surface area contributed by atoms with Gasteiger partial charge < -0.3 is 14.0 Å². The summed E-state index contributed by atoms with van der Waals surface area (Å²) in [6, 6.07) is 7.84. The van der Waals surface area contributed by atoms with E-state index in [2.05, 4.69) is 5.09 Å². The Balaban J connectivity index is 2.04. The first-order valence-electron chi connectivity index (χ1n) is 8.07. The average molecular weight is 357 g/mol. The van der Waals surface area contributed by atoms with Gasteiger partial charge in [-0.15, -0.1) is 0 Å². The lowest BCUT2D eigenvalue weighted by Gasteiger charge is -2.23. The highest BCUT2D eigenvalue weighted by atomic mass is 31.2. The molecule has 24 heavy (non-hydrogen) atoms. The number of hydrogen-bond acceptors (Lipinski definition) is 6. The number of benzene rings is 1. The number of rotatable bonds is 9. The molecule has 1 aliphatic rings. The zero-order valence-corrected chi connectivity index (χ0v) is 14.9. The lowest BCUT2D eigenvalue weighted by Crippen LogP contribution is -2.35. The minimum Gasteiger partial charge on any atom is -0.465 e. The van der Waals surface area contributed by atoms with Crippen LogP contribution in [0.1, 0.15) is 26.7 Å². The van der Waals surface area contributed by atoms with Gasteiger partial charge >= 0.3 is 13.7 Å². The fourth-order valence-electron chi connectivity index (χ4n) is 2.22. The van der Waals surface area contributed by atoms with Crippen LogP contribution in [0, 0.1) is 0 Å². The molecule has 1 aromatic carbocycles. The lowest BCUT2D eigenvalue weighted by atomic mass is 10.2. The molecule has 0 saturated carbocycles. The number of carbonyl (C=O) groups is 1. The first-order valence-corrected chi connectivity index (χ1v) is 9.62. The maximum atomic E-state index is 13.0. The van der Waals surface area contributed by atoms with Crippen LogP contribution in [0.15, 0.2) is 30.3 Å². The number of ether oxygens (including phenoxy) is 2. The fourth-order valence-corrected chi connectivity index (χ4v) is 3.75. The minimum absolute atomic E-state index is 0.114. The number of carbonyl (C=O) groups excluding carboxylic acids is 1. The van der Waals surface area contributed by atoms with E-state index in [0.29, 0.717) is 12.4 Å². The second kappa shape index (κ2) is 9.18. The average Bonchev–Trinajstić information content (AvgIpc) is 3.07. The fraction of sp³-hybridized carbons (Fsp3) is 0.562. The summed E-state index contributed by atoms with van der Waals surface area (Å²) in [5.74, 6) is -0.133. The predicted octanol–water partition coefficient (Wildman–Crippen LogP) is 2.91. The van der Waals surface area contributed by atoms with Gasteiger partial charge in [-0.05, 0) is 38.8 Å². The molecular weight excluding hydrogens is 333 g/mol. The van der Waals surface area contributed by atoms with Crippen LogP contribution in [0.25, 0.3) is 0 Å². The van der Waals surface area contributed by atoms with Crippen molar-refractivity contribution >= 4 is 13.7 Å². The Kier molecular flexibility index (Phi) is 7.24. The molecule has 8 heteroatoms. The minimum atomic E-state index is -3.76. The Hall–Kier alpha value is -1.40. The molecule has 7 nitrogen and oxygen atoms in total. The predicted molar refractivity (Wildman–Crippen MR) is 88.8 cm³/mol. The van der Waals surface area contributed by atoms with Gasteiger partial charge in [0, 0.05) is 6.61 Å². The Morgan fingerprint density at radius 2 is 2.17 bits per heavy atom. The highest BCUT2D eigenvalue weighted by molar-refractivity contribution is 7.52. The van der Waals surface area contributed by atoms with Gasteiger partial charge in [0.25, 0.3) is 0 Å². The molecule has 3 atom stereocenters. The maximum absolute atomic E-state index is 13.0. The van der Waals surface area contributed by atoms with Crippen molar-refractivity contribution in [3.63, 3.8) is 0 Å². The topological polar surface area (TPSA) is 83.1 Å². The molecule has 1 saturated heterocycles. The highest BCUT2D eigenvalue weighted by Crippen LogP contribution is 2.45. The maximum Gasteiger partial charge on any atom is 0.459 e. The van der Waals surface area contributed by atoms with Crippen LogP contribution in [0.2, 0.25) is 0 Å². The molecule has 1 N–H and O–H groups in total. The molecule has 0 aromatic heterocycles. The molecule has 2 rings (SSSR count). The summed E-state index contributed by atoms with van der Waals surface area (Å²) in [4.78, 5) is 11.8. The number of para-hydroxylation sites is 1. The molecule has 0 radical (unpaired) electrons. The Morgan fingerprint density at radius 3 is 2.79 bits per heavy atom. The molecule has 2 unspecified atom stereocenters. The second-order valence-corrected chi connectivity index (χ2v) is 7.13. The lowest BCUT2D eigenvalue weighted by molar-refractivity contribution is -0.144. The smallest absolute Gasteiger partial charge is 0.459 e. The van der Waals surface area contributed by atoms with Gasteiger partial charge in [0.05, 0.1) is 19.3 Å². The van der Waals surface area contributed by atoms with Gasteiger partial charge in [0.15, 0.2) is 0 Å². The normalized spacial score (nSPS) is 21.0. The van der Waals surface area contributed by atoms with Gasteiger partial charge in [-0.25, -0.2) is 4.57 Å². The van der Waals surface area contributed by atoms with Gasteiger partial charge in [-0.2, -0.15) is 5.09 Å². The summed E-state index contributed by atoms with van der Waals surface area (Å²) in [5.41, 5.74) is 0. The molecule has 1 fully saturated rings. The second-order valence-electron chi connectivity index (χ2n) is 5.44. The van der Waals surface area contributed by atoms with E-state index in [1.807, 2.05) is 6.07 Å². The third-order valence-corrected chi connectivity index (χ3v) is 5.06. The van der Waals surface area contributed by atoms with Crippen LogP contribution in [-0.2, 0) is 23.4 Å². The van der Waals surface area contributed by atoms with Crippen molar-refractivity contribution < 1.29 is 27.9 Å². The summed E-state index contributed by atoms with van der Waals surface area (Å²) in [5, 5.41) is 2.63. The summed E-state index contributed by atoms with van der Waals surface area (Å²) in [6.07, 6.45) is 1.68. The molecule has 1 heterocycles. The van der Waals surface area contributed by atoms with Gasteiger partial charge in [0.1, 0.15) is 11.8 Å². The van der Waals surface area contributed by atoms with Crippen molar-refractivity contribution in [2.45, 2.75) is 38.8 Å². The van der Waals surface area contributed by atoms with Crippen LogP contribution in [-0.4, -0.2) is 37.9 Å². The van der Waals surface area contributed by atoms with Crippen LogP contribution in [0.3, 0.4) is 0 Å². The number of esters is 1. The van der Waals surface area contributed by atoms with Crippen molar-refractivity contribution in [1.29, 1.82) is 0 Å². The summed E-state index contributed by atoms with van der Waals surface area (Å²) >= 11 is 0. The van der Waals surface area contributed by atoms with Crippen molar-refractivity contribution in [2.75, 3.05) is 19.8 Å². The zero-order chi connectivity index (χ0) is 17.4. The van der Waals surface area contributed by atoms with Gasteiger partial charge in [-0.1, -0.05) is 18.2 Å². The van der Waals surface area contributed by atoms with Crippen molar-refractivity contribution in [3.8, 4) is 5.75 Å². The highest BCUT2D eigenvalue weighted by Gasteiger charge is 2.33. The first kappa shape index (κ1) is 18.9. The van der Waals surface area contributed by atoms with E-state index in [9.17, 15) is 9.36 Å². The van der Waals surface area contributed by atoms with Crippen LogP contribution in [0.5, 0.6) is 5.75 Å². The standard InChI is InChI=1S/C16H24NO6P/c1-3-20-16(18)13(2)17-24(19,22-12-15-10-7-11-21-15)23-14-8-5-4-6-9-14/h4-6,8-9,13,15H,3,7,10-12H2,1-2H3,(H,17,19)/t13-,15?,24?/m0/s1. The van der Waals surface area contributed by atoms with E-state index < -0.39 is 19.8 Å². The summed E-state index contributed by atoms with van der Waals surface area (Å²) in [7, 11) is -3.76. The molecule has 134 valence electrons. The Morgan fingerprint density at radius 1 is 1.42 bits per heavy atom. The van der Waals surface area contributed by atoms with E-state index in [-0.39, 0.29) is 19.3 Å². The van der Waals surface area contributed by atoms with Crippen LogP contribution >= 0.6 is 7.75 Å². The van der Waals surface area contributed by atoms with E-state index in [4.69, 9.17) is 18.5 Å². The monoisotopic (exact) mass is 357 g/mol. The van der Waals surface area contributed by atoms with E-state index in [1.165, 1.54) is 0 Å². The molecule has 0 spiro atoms. The zero-order valence-electron chi connectivity index (χ0n) is 14.0. The summed E-state index contributed by atoms with van der Waals surface area (Å²) < 4.78 is 34.5. The quantitative estimate of drug-likeness (QED) is 0.537. The molecular formula is C16H24NO6P. The Labute approximate surface area is 142 Å². The van der Waals surface area contributed by atoms with Crippen LogP contribution in [0.4, 0.5) is 0 Å². The molecule has 0 bridgehead atoms. The van der Waals surface area contributed by atoms with Gasteiger partial charge in [0.2, 0.25) is 0 Å². The van der Waals surface area contributed by atoms with Crippen molar-refractivity contribution in [2.24, 2.45) is 0 Å². The van der Waals surface area contributed by atoms with E-state index >= 15 is 0 Å². The van der Waals surface area contributed by atoms with E-state index in [0.717, 1.165) is 12.8 Å². The van der Waals surface area contributed by atoms with Crippen molar-refractivity contribution in [1.82, 2.24) is 5.09 Å². The Bertz CT molecular complexity index is 561.